The van der Waals surface area contributed by atoms with Gasteiger partial charge in [0.05, 0.1) is 18.8 Å². The van der Waals surface area contributed by atoms with Crippen LogP contribution in [0.25, 0.3) is 11.4 Å². The SMILES string of the molecule is Cn1ccc(-n2nc(C(F)(F)F)c(C3=CCC4(CC3)OCCO4)c2N)n1. The first-order valence-electron chi connectivity index (χ1n) is 8.22. The number of aromatic nitrogens is 4. The highest BCUT2D eigenvalue weighted by molar-refractivity contribution is 5.77. The third-order valence-electron chi connectivity index (χ3n) is 4.68. The number of alkyl halides is 3. The molecule has 0 aromatic carbocycles. The Morgan fingerprint density at radius 1 is 1.23 bits per heavy atom. The van der Waals surface area contributed by atoms with E-state index in [4.69, 9.17) is 15.2 Å². The van der Waals surface area contributed by atoms with E-state index < -0.39 is 17.7 Å². The maximum atomic E-state index is 13.6. The Hall–Kier alpha value is -2.33. The van der Waals surface area contributed by atoms with Crippen molar-refractivity contribution in [3.63, 3.8) is 0 Å². The molecule has 2 aliphatic rings. The van der Waals surface area contributed by atoms with Crippen LogP contribution in [0.3, 0.4) is 0 Å². The Kier molecular flexibility index (Phi) is 3.85. The maximum Gasteiger partial charge on any atom is 0.435 e. The molecule has 2 aromatic rings. The number of nitrogen functional groups attached to an aromatic ring is 1. The molecule has 140 valence electrons. The predicted molar refractivity (Wildman–Crippen MR) is 86.2 cm³/mol. The zero-order valence-electron chi connectivity index (χ0n) is 14.1. The second kappa shape index (κ2) is 5.85. The number of hydrogen-bond donors (Lipinski definition) is 1. The first-order valence-corrected chi connectivity index (χ1v) is 8.22. The van der Waals surface area contributed by atoms with Gasteiger partial charge in [-0.05, 0) is 12.0 Å². The van der Waals surface area contributed by atoms with Gasteiger partial charge in [-0.3, -0.25) is 4.68 Å². The minimum Gasteiger partial charge on any atom is -0.383 e. The summed E-state index contributed by atoms with van der Waals surface area (Å²) in [4.78, 5) is 0. The van der Waals surface area contributed by atoms with Crippen LogP contribution in [0.4, 0.5) is 19.0 Å². The van der Waals surface area contributed by atoms with E-state index in [0.717, 1.165) is 4.68 Å². The summed E-state index contributed by atoms with van der Waals surface area (Å²) in [5.41, 5.74) is 5.48. The Balaban J connectivity index is 1.77. The van der Waals surface area contributed by atoms with Crippen LogP contribution < -0.4 is 5.73 Å². The Morgan fingerprint density at radius 3 is 2.50 bits per heavy atom. The third-order valence-corrected chi connectivity index (χ3v) is 4.68. The largest absolute Gasteiger partial charge is 0.435 e. The lowest BCUT2D eigenvalue weighted by atomic mass is 9.89. The molecule has 0 saturated carbocycles. The van der Waals surface area contributed by atoms with Crippen LogP contribution in [0.1, 0.15) is 30.5 Å². The molecule has 26 heavy (non-hydrogen) atoms. The molecule has 4 rings (SSSR count). The fourth-order valence-electron chi connectivity index (χ4n) is 3.43. The topological polar surface area (TPSA) is 80.1 Å². The molecular formula is C16H18F3N5O2. The molecule has 0 amide bonds. The minimum atomic E-state index is -4.63. The van der Waals surface area contributed by atoms with Crippen molar-refractivity contribution in [3.05, 3.63) is 29.6 Å². The molecule has 7 nitrogen and oxygen atoms in total. The maximum absolute atomic E-state index is 13.6. The lowest BCUT2D eigenvalue weighted by Gasteiger charge is -2.30. The predicted octanol–water partition coefficient (Wildman–Crippen LogP) is 2.52. The zero-order valence-corrected chi connectivity index (χ0v) is 14.1. The number of nitrogens with zero attached hydrogens (tertiary/aromatic N) is 4. The summed E-state index contributed by atoms with van der Waals surface area (Å²) in [6.45, 7) is 0.993. The van der Waals surface area contributed by atoms with Crippen LogP contribution >= 0.6 is 0 Å². The molecule has 0 atom stereocenters. The Morgan fingerprint density at radius 2 is 1.96 bits per heavy atom. The van der Waals surface area contributed by atoms with Gasteiger partial charge in [0.1, 0.15) is 5.82 Å². The van der Waals surface area contributed by atoms with E-state index in [1.165, 1.54) is 4.68 Å². The monoisotopic (exact) mass is 369 g/mol. The highest BCUT2D eigenvalue weighted by atomic mass is 19.4. The van der Waals surface area contributed by atoms with Gasteiger partial charge in [-0.15, -0.1) is 0 Å². The number of hydrogen-bond acceptors (Lipinski definition) is 5. The molecule has 0 radical (unpaired) electrons. The van der Waals surface area contributed by atoms with Crippen molar-refractivity contribution in [2.24, 2.45) is 7.05 Å². The molecule has 1 spiro atoms. The van der Waals surface area contributed by atoms with Gasteiger partial charge >= 0.3 is 6.18 Å². The van der Waals surface area contributed by atoms with Crippen molar-refractivity contribution in [2.45, 2.75) is 31.2 Å². The van der Waals surface area contributed by atoms with E-state index in [1.807, 2.05) is 0 Å². The molecule has 0 unspecified atom stereocenters. The molecular weight excluding hydrogens is 351 g/mol. The van der Waals surface area contributed by atoms with Gasteiger partial charge in [-0.2, -0.15) is 28.1 Å². The number of halogens is 3. The van der Waals surface area contributed by atoms with Crippen LogP contribution in [-0.2, 0) is 22.7 Å². The van der Waals surface area contributed by atoms with Crippen molar-refractivity contribution in [1.82, 2.24) is 19.6 Å². The summed E-state index contributed by atoms with van der Waals surface area (Å²) in [5, 5.41) is 7.81. The van der Waals surface area contributed by atoms with Crippen molar-refractivity contribution >= 4 is 11.4 Å². The Bertz CT molecular complexity index is 862. The molecule has 3 heterocycles. The summed E-state index contributed by atoms with van der Waals surface area (Å²) in [7, 11) is 1.67. The third kappa shape index (κ3) is 2.78. The van der Waals surface area contributed by atoms with Gasteiger partial charge in [0.15, 0.2) is 17.3 Å². The van der Waals surface area contributed by atoms with E-state index in [9.17, 15) is 13.2 Å². The van der Waals surface area contributed by atoms with Gasteiger partial charge in [0.2, 0.25) is 0 Å². The fourth-order valence-corrected chi connectivity index (χ4v) is 3.43. The second-order valence-electron chi connectivity index (χ2n) is 6.41. The fraction of sp³-hybridized carbons (Fsp3) is 0.500. The van der Waals surface area contributed by atoms with Crippen LogP contribution in [-0.4, -0.2) is 38.6 Å². The number of anilines is 1. The molecule has 2 N–H and O–H groups in total. The highest BCUT2D eigenvalue weighted by Gasteiger charge is 2.43. The van der Waals surface area contributed by atoms with E-state index in [2.05, 4.69) is 10.2 Å². The second-order valence-corrected chi connectivity index (χ2v) is 6.41. The molecule has 1 saturated heterocycles. The lowest BCUT2D eigenvalue weighted by Crippen LogP contribution is -2.31. The van der Waals surface area contributed by atoms with E-state index in [0.29, 0.717) is 38.0 Å². The smallest absolute Gasteiger partial charge is 0.383 e. The number of allylic oxidation sites excluding steroid dienone is 1. The highest BCUT2D eigenvalue weighted by Crippen LogP contribution is 2.44. The average Bonchev–Trinajstić information content (AvgIpc) is 3.28. The van der Waals surface area contributed by atoms with Crippen LogP contribution in [0.15, 0.2) is 18.3 Å². The van der Waals surface area contributed by atoms with Crippen LogP contribution in [0.5, 0.6) is 0 Å². The van der Waals surface area contributed by atoms with Gasteiger partial charge in [0.25, 0.3) is 0 Å². The van der Waals surface area contributed by atoms with Crippen molar-refractivity contribution in [1.29, 1.82) is 0 Å². The van der Waals surface area contributed by atoms with Crippen molar-refractivity contribution in [3.8, 4) is 5.82 Å². The summed E-state index contributed by atoms with van der Waals surface area (Å²) in [6.07, 6.45) is -0.0822. The van der Waals surface area contributed by atoms with E-state index >= 15 is 0 Å². The van der Waals surface area contributed by atoms with Crippen LogP contribution in [0.2, 0.25) is 0 Å². The average molecular weight is 369 g/mol. The zero-order chi connectivity index (χ0) is 18.5. The van der Waals surface area contributed by atoms with Gasteiger partial charge in [-0.1, -0.05) is 6.08 Å². The molecule has 2 aromatic heterocycles. The Labute approximate surface area is 147 Å². The summed E-state index contributed by atoms with van der Waals surface area (Å²) in [5.74, 6) is -0.559. The summed E-state index contributed by atoms with van der Waals surface area (Å²) < 4.78 is 54.5. The van der Waals surface area contributed by atoms with E-state index in [1.54, 1.807) is 25.4 Å². The minimum absolute atomic E-state index is 0.0773. The van der Waals surface area contributed by atoms with Gasteiger partial charge in [0, 0.05) is 32.2 Å². The summed E-state index contributed by atoms with van der Waals surface area (Å²) >= 11 is 0. The quantitative estimate of drug-likeness (QED) is 0.880. The lowest BCUT2D eigenvalue weighted by molar-refractivity contribution is -0.159. The number of rotatable bonds is 2. The molecule has 0 bridgehead atoms. The number of aryl methyl sites for hydroxylation is 1. The van der Waals surface area contributed by atoms with Gasteiger partial charge in [-0.25, -0.2) is 0 Å². The molecule has 1 aliphatic heterocycles. The summed E-state index contributed by atoms with van der Waals surface area (Å²) in [6, 6.07) is 1.55. The normalized spacial score (nSPS) is 19.9. The molecule has 1 fully saturated rings. The van der Waals surface area contributed by atoms with E-state index in [-0.39, 0.29) is 17.2 Å². The standard InChI is InChI=1S/C16H18F3N5O2/c1-23-7-4-11(21-23)24-14(20)12(13(22-24)16(17,18)19)10-2-5-15(6-3-10)25-8-9-26-15/h2,4,7H,3,5-6,8-9,20H2,1H3. The molecule has 10 heteroatoms. The van der Waals surface area contributed by atoms with Crippen molar-refractivity contribution in [2.75, 3.05) is 18.9 Å². The number of nitrogens with two attached hydrogens (primary N) is 1. The first kappa shape index (κ1) is 17.1. The first-order chi connectivity index (χ1) is 12.3. The number of ether oxygens (including phenoxy) is 2. The van der Waals surface area contributed by atoms with Crippen molar-refractivity contribution < 1.29 is 22.6 Å². The van der Waals surface area contributed by atoms with Gasteiger partial charge < -0.3 is 15.2 Å². The molecule has 1 aliphatic carbocycles. The van der Waals surface area contributed by atoms with Crippen LogP contribution in [0, 0.1) is 0 Å².